The molecule has 0 fully saturated rings. The molecular weight excluding hydrogens is 164 g/mol. The quantitative estimate of drug-likeness (QED) is 0.497. The molecule has 0 radical (unpaired) electrons. The fraction of sp³-hybridized carbons (Fsp3) is 0.636. The van der Waals surface area contributed by atoms with E-state index in [1.807, 2.05) is 27.7 Å². The third-order valence-corrected chi connectivity index (χ3v) is 1.46. The van der Waals surface area contributed by atoms with Crippen LogP contribution < -0.4 is 0 Å². The molecule has 76 valence electrons. The van der Waals surface area contributed by atoms with Gasteiger partial charge >= 0.3 is 0 Å². The summed E-state index contributed by atoms with van der Waals surface area (Å²) in [5.74, 6) is 0.833. The Kier molecular flexibility index (Phi) is 10.3. The summed E-state index contributed by atoms with van der Waals surface area (Å²) in [4.78, 5) is 19.5. The van der Waals surface area contributed by atoms with Gasteiger partial charge in [0.2, 0.25) is 0 Å². The Labute approximate surface area is 81.0 Å². The number of carbonyl (C=O) groups is 2. The van der Waals surface area contributed by atoms with Crippen molar-refractivity contribution in [3.63, 3.8) is 0 Å². The Bertz CT molecular complexity index is 157. The number of carbonyl (C=O) groups excluding carboxylic acids is 2. The van der Waals surface area contributed by atoms with Crippen LogP contribution in [0.4, 0.5) is 0 Å². The molecule has 0 aliphatic rings. The van der Waals surface area contributed by atoms with Gasteiger partial charge in [0.15, 0.2) is 0 Å². The van der Waals surface area contributed by atoms with Crippen LogP contribution in [0.15, 0.2) is 12.2 Å². The van der Waals surface area contributed by atoms with Crippen molar-refractivity contribution in [1.82, 2.24) is 0 Å². The van der Waals surface area contributed by atoms with Crippen LogP contribution in [0.1, 0.15) is 34.1 Å². The van der Waals surface area contributed by atoms with E-state index in [2.05, 4.69) is 6.58 Å². The summed E-state index contributed by atoms with van der Waals surface area (Å²) >= 11 is 0. The minimum atomic E-state index is 0.303. The number of rotatable bonds is 4. The van der Waals surface area contributed by atoms with Gasteiger partial charge in [-0.25, -0.2) is 0 Å². The molecule has 13 heavy (non-hydrogen) atoms. The van der Waals surface area contributed by atoms with Gasteiger partial charge in [-0.15, -0.1) is 0 Å². The normalized spacial score (nSPS) is 9.08. The highest BCUT2D eigenvalue weighted by atomic mass is 16.1. The van der Waals surface area contributed by atoms with Crippen LogP contribution in [0, 0.1) is 11.8 Å². The van der Waals surface area contributed by atoms with Crippen molar-refractivity contribution in [2.24, 2.45) is 11.8 Å². The van der Waals surface area contributed by atoms with E-state index in [1.165, 1.54) is 0 Å². The molecule has 0 aromatic heterocycles. The van der Waals surface area contributed by atoms with Crippen LogP contribution in [0.25, 0.3) is 0 Å². The van der Waals surface area contributed by atoms with E-state index in [0.29, 0.717) is 23.8 Å². The Morgan fingerprint density at radius 3 is 1.69 bits per heavy atom. The first kappa shape index (κ1) is 14.6. The average molecular weight is 184 g/mol. The lowest BCUT2D eigenvalue weighted by Gasteiger charge is -1.96. The molecule has 2 nitrogen and oxygen atoms in total. The molecular formula is C11H20O2. The van der Waals surface area contributed by atoms with Crippen LogP contribution in [0.5, 0.6) is 0 Å². The van der Waals surface area contributed by atoms with Gasteiger partial charge in [-0.3, -0.25) is 4.79 Å². The third kappa shape index (κ3) is 14.0. The maximum Gasteiger partial charge on any atom is 0.145 e. The molecule has 0 spiro atoms. The minimum Gasteiger partial charge on any atom is -0.303 e. The van der Waals surface area contributed by atoms with Gasteiger partial charge in [-0.05, 0) is 17.4 Å². The van der Waals surface area contributed by atoms with Crippen molar-refractivity contribution >= 4 is 12.6 Å². The van der Waals surface area contributed by atoms with Crippen molar-refractivity contribution < 1.29 is 9.59 Å². The summed E-state index contributed by atoms with van der Waals surface area (Å²) in [5, 5.41) is 0. The lowest BCUT2D eigenvalue weighted by atomic mass is 10.1. The van der Waals surface area contributed by atoms with Crippen molar-refractivity contribution in [2.45, 2.75) is 34.1 Å². The van der Waals surface area contributed by atoms with E-state index >= 15 is 0 Å². The molecule has 0 unspecified atom stereocenters. The zero-order chi connectivity index (χ0) is 10.9. The van der Waals surface area contributed by atoms with E-state index in [4.69, 9.17) is 0 Å². The highest BCUT2D eigenvalue weighted by Crippen LogP contribution is 2.00. The van der Waals surface area contributed by atoms with Crippen molar-refractivity contribution in [2.75, 3.05) is 0 Å². The van der Waals surface area contributed by atoms with Crippen molar-refractivity contribution in [1.29, 1.82) is 0 Å². The predicted molar refractivity (Wildman–Crippen MR) is 55.6 cm³/mol. The van der Waals surface area contributed by atoms with E-state index in [1.54, 1.807) is 0 Å². The van der Waals surface area contributed by atoms with Crippen LogP contribution in [0.3, 0.4) is 0 Å². The Balaban J connectivity index is 0. The van der Waals surface area contributed by atoms with Gasteiger partial charge in [0.1, 0.15) is 12.6 Å². The van der Waals surface area contributed by atoms with E-state index in [-0.39, 0.29) is 0 Å². The molecule has 0 heterocycles. The first-order valence-corrected chi connectivity index (χ1v) is 4.53. The summed E-state index contributed by atoms with van der Waals surface area (Å²) < 4.78 is 0. The molecule has 0 saturated carbocycles. The molecule has 0 rings (SSSR count). The second-order valence-corrected chi connectivity index (χ2v) is 3.64. The lowest BCUT2D eigenvalue weighted by molar-refractivity contribution is -0.108. The highest BCUT2D eigenvalue weighted by molar-refractivity contribution is 5.72. The standard InChI is InChI=1S/C6H10O.C5H10O/c1-5(2)6(3)4-7;1-5(2)3-4-6/h4-5H,3H2,1-2H3;4-5H,3H2,1-2H3. The number of hydrogen-bond acceptors (Lipinski definition) is 2. The third-order valence-electron chi connectivity index (χ3n) is 1.46. The van der Waals surface area contributed by atoms with Gasteiger partial charge < -0.3 is 4.79 Å². The van der Waals surface area contributed by atoms with Crippen LogP contribution in [-0.2, 0) is 9.59 Å². The summed E-state index contributed by atoms with van der Waals surface area (Å²) in [6.07, 6.45) is 2.44. The predicted octanol–water partition coefficient (Wildman–Crippen LogP) is 2.63. The molecule has 0 aromatic rings. The molecule has 0 aliphatic carbocycles. The topological polar surface area (TPSA) is 34.1 Å². The molecule has 0 aliphatic heterocycles. The van der Waals surface area contributed by atoms with Gasteiger partial charge in [-0.1, -0.05) is 34.3 Å². The average Bonchev–Trinajstić information content (AvgIpc) is 2.03. The van der Waals surface area contributed by atoms with E-state index in [9.17, 15) is 9.59 Å². The Morgan fingerprint density at radius 2 is 1.69 bits per heavy atom. The van der Waals surface area contributed by atoms with Crippen LogP contribution in [0.2, 0.25) is 0 Å². The largest absolute Gasteiger partial charge is 0.303 e. The summed E-state index contributed by atoms with van der Waals surface area (Å²) in [6.45, 7) is 11.4. The maximum atomic E-state index is 9.85. The Morgan fingerprint density at radius 1 is 1.23 bits per heavy atom. The highest BCUT2D eigenvalue weighted by Gasteiger charge is 1.93. The number of allylic oxidation sites excluding steroid dienone is 1. The smallest absolute Gasteiger partial charge is 0.145 e. The van der Waals surface area contributed by atoms with Crippen molar-refractivity contribution in [3.8, 4) is 0 Å². The first-order chi connectivity index (χ1) is 5.95. The fourth-order valence-electron chi connectivity index (χ4n) is 0.329. The fourth-order valence-corrected chi connectivity index (χ4v) is 0.329. The van der Waals surface area contributed by atoms with E-state index in [0.717, 1.165) is 12.6 Å². The summed E-state index contributed by atoms with van der Waals surface area (Å²) in [6, 6.07) is 0. The monoisotopic (exact) mass is 184 g/mol. The van der Waals surface area contributed by atoms with Crippen LogP contribution in [-0.4, -0.2) is 12.6 Å². The zero-order valence-corrected chi connectivity index (χ0v) is 9.04. The molecule has 2 heteroatoms. The second-order valence-electron chi connectivity index (χ2n) is 3.64. The molecule has 0 amide bonds. The second kappa shape index (κ2) is 9.17. The molecule has 0 atom stereocenters. The van der Waals surface area contributed by atoms with Gasteiger partial charge in [0, 0.05) is 6.42 Å². The minimum absolute atomic E-state index is 0.303. The molecule has 0 bridgehead atoms. The molecule has 0 N–H and O–H groups in total. The van der Waals surface area contributed by atoms with E-state index < -0.39 is 0 Å². The Hall–Kier alpha value is -0.920. The SMILES string of the molecule is C=C(C=O)C(C)C.CC(C)CC=O. The number of aldehydes is 2. The molecule has 0 aromatic carbocycles. The first-order valence-electron chi connectivity index (χ1n) is 4.53. The summed E-state index contributed by atoms with van der Waals surface area (Å²) in [5.41, 5.74) is 0.667. The lowest BCUT2D eigenvalue weighted by Crippen LogP contribution is -1.91. The summed E-state index contributed by atoms with van der Waals surface area (Å²) in [7, 11) is 0. The van der Waals surface area contributed by atoms with Gasteiger partial charge in [-0.2, -0.15) is 0 Å². The number of hydrogen-bond donors (Lipinski definition) is 0. The zero-order valence-electron chi connectivity index (χ0n) is 9.04. The molecule has 0 saturated heterocycles. The van der Waals surface area contributed by atoms with Crippen LogP contribution >= 0.6 is 0 Å². The van der Waals surface area contributed by atoms with Gasteiger partial charge in [0.25, 0.3) is 0 Å². The maximum absolute atomic E-state index is 9.85. The van der Waals surface area contributed by atoms with Crippen molar-refractivity contribution in [3.05, 3.63) is 12.2 Å². The van der Waals surface area contributed by atoms with Gasteiger partial charge in [0.05, 0.1) is 0 Å².